The first kappa shape index (κ1) is 19.7. The number of aliphatic imine (C=N–C) groups is 1. The summed E-state index contributed by atoms with van der Waals surface area (Å²) < 4.78 is 11.0. The van der Waals surface area contributed by atoms with E-state index in [1.807, 2.05) is 24.3 Å². The summed E-state index contributed by atoms with van der Waals surface area (Å²) in [7, 11) is 1.39. The number of piperidine rings is 2. The Morgan fingerprint density at radius 3 is 2.83 bits per heavy atom. The van der Waals surface area contributed by atoms with Crippen LogP contribution < -0.4 is 0 Å². The third kappa shape index (κ3) is 2.82. The van der Waals surface area contributed by atoms with Gasteiger partial charge in [0.15, 0.2) is 5.60 Å². The van der Waals surface area contributed by atoms with Gasteiger partial charge in [-0.3, -0.25) is 19.5 Å². The van der Waals surface area contributed by atoms with Crippen LogP contribution in [-0.2, 0) is 24.7 Å². The lowest BCUT2D eigenvalue weighted by Crippen LogP contribution is -2.63. The molecule has 4 aliphatic rings. The Morgan fingerprint density at radius 2 is 2.07 bits per heavy atom. The Kier molecular flexibility index (Phi) is 4.71. The zero-order valence-corrected chi connectivity index (χ0v) is 17.4. The van der Waals surface area contributed by atoms with Crippen LogP contribution in [0.15, 0.2) is 29.3 Å². The van der Waals surface area contributed by atoms with Crippen LogP contribution in [0.1, 0.15) is 38.2 Å². The fourth-order valence-electron chi connectivity index (χ4n) is 6.34. The van der Waals surface area contributed by atoms with E-state index in [1.54, 1.807) is 0 Å². The monoisotopic (exact) mass is 412 g/mol. The molecule has 0 radical (unpaired) electrons. The van der Waals surface area contributed by atoms with E-state index in [0.29, 0.717) is 25.2 Å². The number of methoxy groups -OCH3 is 1. The van der Waals surface area contributed by atoms with Crippen LogP contribution in [0.4, 0.5) is 5.69 Å². The SMILES string of the molecule is COC(=O)[C@@H]1[C@H]2C[C@H]3C4=Nc5ccccc5C4(OC(C)=O)CCN3C[C@@H]2CC[C@@H]1O. The predicted molar refractivity (Wildman–Crippen MR) is 109 cm³/mol. The average Bonchev–Trinajstić information content (AvgIpc) is 3.06. The van der Waals surface area contributed by atoms with Crippen molar-refractivity contribution in [3.05, 3.63) is 29.8 Å². The van der Waals surface area contributed by atoms with E-state index >= 15 is 0 Å². The van der Waals surface area contributed by atoms with Gasteiger partial charge in [0.25, 0.3) is 0 Å². The van der Waals surface area contributed by atoms with Gasteiger partial charge in [-0.15, -0.1) is 0 Å². The molecule has 160 valence electrons. The lowest BCUT2D eigenvalue weighted by atomic mass is 9.63. The van der Waals surface area contributed by atoms with Crippen molar-refractivity contribution >= 4 is 23.3 Å². The first-order chi connectivity index (χ1) is 14.4. The maximum Gasteiger partial charge on any atom is 0.311 e. The minimum absolute atomic E-state index is 0.0239. The molecule has 1 N–H and O–H groups in total. The quantitative estimate of drug-likeness (QED) is 0.749. The highest BCUT2D eigenvalue weighted by molar-refractivity contribution is 6.05. The summed E-state index contributed by atoms with van der Waals surface area (Å²) in [5.74, 6) is -0.780. The number of nitrogens with zero attached hydrogens (tertiary/aromatic N) is 2. The molecule has 0 amide bonds. The highest BCUT2D eigenvalue weighted by Gasteiger charge is 2.57. The number of para-hydroxylation sites is 1. The van der Waals surface area contributed by atoms with E-state index < -0.39 is 17.6 Å². The molecule has 1 aliphatic carbocycles. The number of ether oxygens (including phenoxy) is 2. The summed E-state index contributed by atoms with van der Waals surface area (Å²) in [5.41, 5.74) is 1.84. The molecule has 0 spiro atoms. The Balaban J connectivity index is 1.53. The number of carbonyl (C=O) groups is 2. The van der Waals surface area contributed by atoms with Gasteiger partial charge in [0, 0.05) is 32.0 Å². The first-order valence-electron chi connectivity index (χ1n) is 10.8. The molecule has 0 bridgehead atoms. The van der Waals surface area contributed by atoms with Gasteiger partial charge in [-0.1, -0.05) is 18.2 Å². The topological polar surface area (TPSA) is 88.4 Å². The van der Waals surface area contributed by atoms with Crippen molar-refractivity contribution < 1.29 is 24.2 Å². The van der Waals surface area contributed by atoms with E-state index in [9.17, 15) is 14.7 Å². The summed E-state index contributed by atoms with van der Waals surface area (Å²) in [6.07, 6.45) is 2.25. The van der Waals surface area contributed by atoms with Crippen molar-refractivity contribution in [3.63, 3.8) is 0 Å². The molecule has 0 aromatic heterocycles. The maximum absolute atomic E-state index is 12.5. The number of esters is 2. The van der Waals surface area contributed by atoms with Gasteiger partial charge in [0.2, 0.25) is 0 Å². The molecule has 1 aromatic carbocycles. The molecule has 6 atom stereocenters. The largest absolute Gasteiger partial charge is 0.469 e. The lowest BCUT2D eigenvalue weighted by molar-refractivity contribution is -0.160. The van der Waals surface area contributed by atoms with E-state index in [0.717, 1.165) is 36.5 Å². The van der Waals surface area contributed by atoms with Gasteiger partial charge in [-0.25, -0.2) is 0 Å². The van der Waals surface area contributed by atoms with E-state index in [2.05, 4.69) is 4.90 Å². The molecule has 30 heavy (non-hydrogen) atoms. The second-order valence-corrected chi connectivity index (χ2v) is 9.05. The standard InChI is InChI=1S/C23H28N2O5/c1-13(26)30-23-9-10-25-12-14-7-8-19(27)20(22(28)29-2)15(14)11-18(25)21(23)24-17-6-4-3-5-16(17)23/h3-6,14-15,18-20,27H,7-12H2,1-2H3/t14-,15-,18-,19-,20+,23?/m0/s1. The van der Waals surface area contributed by atoms with Crippen LogP contribution in [0.2, 0.25) is 0 Å². The van der Waals surface area contributed by atoms with Gasteiger partial charge in [-0.05, 0) is 37.2 Å². The smallest absolute Gasteiger partial charge is 0.311 e. The second kappa shape index (κ2) is 7.17. The molecular formula is C23H28N2O5. The van der Waals surface area contributed by atoms with E-state index in [1.165, 1.54) is 14.0 Å². The van der Waals surface area contributed by atoms with Crippen molar-refractivity contribution in [2.24, 2.45) is 22.7 Å². The molecule has 1 unspecified atom stereocenters. The second-order valence-electron chi connectivity index (χ2n) is 9.05. The van der Waals surface area contributed by atoms with Crippen molar-refractivity contribution in [2.45, 2.75) is 50.4 Å². The predicted octanol–water partition coefficient (Wildman–Crippen LogP) is 2.19. The highest BCUT2D eigenvalue weighted by atomic mass is 16.6. The number of fused-ring (bicyclic) bond motifs is 6. The molecule has 1 aromatic rings. The van der Waals surface area contributed by atoms with E-state index in [-0.39, 0.29) is 23.9 Å². The number of rotatable bonds is 2. The Hall–Kier alpha value is -2.25. The van der Waals surface area contributed by atoms with Crippen LogP contribution in [-0.4, -0.2) is 60.0 Å². The van der Waals surface area contributed by atoms with E-state index in [4.69, 9.17) is 14.5 Å². The summed E-state index contributed by atoms with van der Waals surface area (Å²) >= 11 is 0. The molecule has 5 rings (SSSR count). The summed E-state index contributed by atoms with van der Waals surface area (Å²) in [4.78, 5) is 32.0. The van der Waals surface area contributed by atoms with Crippen molar-refractivity contribution in [1.29, 1.82) is 0 Å². The van der Waals surface area contributed by atoms with Crippen LogP contribution in [0.25, 0.3) is 0 Å². The minimum Gasteiger partial charge on any atom is -0.469 e. The molecule has 7 heteroatoms. The zero-order valence-electron chi connectivity index (χ0n) is 17.4. The Labute approximate surface area is 176 Å². The highest BCUT2D eigenvalue weighted by Crippen LogP contribution is 2.52. The molecule has 2 saturated heterocycles. The number of hydrogen-bond donors (Lipinski definition) is 1. The fraction of sp³-hybridized carbons (Fsp3) is 0.609. The molecular weight excluding hydrogens is 384 g/mol. The minimum atomic E-state index is -0.829. The number of benzene rings is 1. The van der Waals surface area contributed by atoms with Crippen LogP contribution in [0.5, 0.6) is 0 Å². The summed E-state index contributed by atoms with van der Waals surface area (Å²) in [6.45, 7) is 3.11. The number of carbonyl (C=O) groups excluding carboxylic acids is 2. The maximum atomic E-state index is 12.5. The third-order valence-corrected chi connectivity index (χ3v) is 7.57. The van der Waals surface area contributed by atoms with Crippen molar-refractivity contribution in [1.82, 2.24) is 4.90 Å². The molecule has 1 saturated carbocycles. The Morgan fingerprint density at radius 1 is 1.27 bits per heavy atom. The first-order valence-corrected chi connectivity index (χ1v) is 10.8. The zero-order chi connectivity index (χ0) is 21.0. The number of aliphatic hydroxyl groups excluding tert-OH is 1. The van der Waals surface area contributed by atoms with Crippen molar-refractivity contribution in [3.8, 4) is 0 Å². The van der Waals surface area contributed by atoms with Crippen molar-refractivity contribution in [2.75, 3.05) is 20.2 Å². The van der Waals surface area contributed by atoms with Crippen LogP contribution >= 0.6 is 0 Å². The summed E-state index contributed by atoms with van der Waals surface area (Å²) in [5, 5.41) is 10.6. The van der Waals surface area contributed by atoms with Crippen LogP contribution in [0, 0.1) is 17.8 Å². The fourth-order valence-corrected chi connectivity index (χ4v) is 6.34. The van der Waals surface area contributed by atoms with Gasteiger partial charge in [0.1, 0.15) is 0 Å². The normalized spacial score (nSPS) is 37.2. The van der Waals surface area contributed by atoms with Gasteiger partial charge < -0.3 is 14.6 Å². The lowest BCUT2D eigenvalue weighted by Gasteiger charge is -2.53. The molecule has 3 fully saturated rings. The third-order valence-electron chi connectivity index (χ3n) is 7.57. The van der Waals surface area contributed by atoms with Gasteiger partial charge in [0.05, 0.1) is 36.6 Å². The van der Waals surface area contributed by atoms with Crippen LogP contribution in [0.3, 0.4) is 0 Å². The van der Waals surface area contributed by atoms with Gasteiger partial charge in [-0.2, -0.15) is 0 Å². The summed E-state index contributed by atoms with van der Waals surface area (Å²) in [6, 6.07) is 7.84. The Bertz CT molecular complexity index is 915. The molecule has 7 nitrogen and oxygen atoms in total. The molecule has 3 aliphatic heterocycles. The van der Waals surface area contributed by atoms with Gasteiger partial charge >= 0.3 is 11.9 Å². The molecule has 3 heterocycles. The number of aliphatic hydroxyl groups is 1. The number of hydrogen-bond acceptors (Lipinski definition) is 7. The average molecular weight is 412 g/mol.